The van der Waals surface area contributed by atoms with E-state index in [1.807, 2.05) is 49.1 Å². The number of nitrogens with one attached hydrogen (secondary N) is 1. The van der Waals surface area contributed by atoms with E-state index in [9.17, 15) is 14.4 Å². The smallest absolute Gasteiger partial charge is 0.274 e. The van der Waals surface area contributed by atoms with Crippen LogP contribution in [0.3, 0.4) is 0 Å². The normalized spacial score (nSPS) is 13.2. The van der Waals surface area contributed by atoms with Crippen LogP contribution in [-0.4, -0.2) is 61.9 Å². The van der Waals surface area contributed by atoms with Gasteiger partial charge in [-0.15, -0.1) is 0 Å². The fraction of sp³-hybridized carbons (Fsp3) is 0.370. The summed E-state index contributed by atoms with van der Waals surface area (Å²) in [5, 5.41) is 7.31. The lowest BCUT2D eigenvalue weighted by Crippen LogP contribution is -2.35. The van der Waals surface area contributed by atoms with Gasteiger partial charge in [-0.25, -0.2) is 0 Å². The Morgan fingerprint density at radius 3 is 2.69 bits per heavy atom. The lowest BCUT2D eigenvalue weighted by Gasteiger charge is -2.20. The molecule has 1 aromatic carbocycles. The van der Waals surface area contributed by atoms with Crippen LogP contribution in [0.2, 0.25) is 0 Å². The van der Waals surface area contributed by atoms with Crippen molar-refractivity contribution in [1.82, 2.24) is 29.9 Å². The Labute approximate surface area is 211 Å². The average Bonchev–Trinajstić information content (AvgIpc) is 3.25. The monoisotopic (exact) mass is 488 g/mol. The third-order valence-electron chi connectivity index (χ3n) is 6.25. The number of fused-ring (bicyclic) bond motifs is 1. The lowest BCUT2D eigenvalue weighted by molar-refractivity contribution is -0.121. The van der Waals surface area contributed by atoms with Crippen LogP contribution < -0.4 is 5.32 Å². The molecule has 4 rings (SSSR count). The highest BCUT2D eigenvalue weighted by molar-refractivity contribution is 5.98. The van der Waals surface area contributed by atoms with E-state index < -0.39 is 0 Å². The average molecular weight is 489 g/mol. The van der Waals surface area contributed by atoms with E-state index in [4.69, 9.17) is 0 Å². The minimum atomic E-state index is -0.281. The summed E-state index contributed by atoms with van der Waals surface area (Å²) in [5.74, 6) is -0.553. The first-order chi connectivity index (χ1) is 17.4. The molecule has 0 unspecified atom stereocenters. The summed E-state index contributed by atoms with van der Waals surface area (Å²) in [6.45, 7) is 6.71. The second kappa shape index (κ2) is 11.6. The van der Waals surface area contributed by atoms with Crippen LogP contribution in [0.5, 0.6) is 0 Å². The van der Waals surface area contributed by atoms with Crippen molar-refractivity contribution in [2.24, 2.45) is 0 Å². The van der Waals surface area contributed by atoms with Gasteiger partial charge >= 0.3 is 0 Å². The Bertz CT molecular complexity index is 1220. The molecule has 0 saturated heterocycles. The first-order valence-electron chi connectivity index (χ1n) is 12.3. The van der Waals surface area contributed by atoms with Crippen LogP contribution in [0.1, 0.15) is 57.4 Å². The van der Waals surface area contributed by atoms with Crippen LogP contribution in [0.15, 0.2) is 54.9 Å². The van der Waals surface area contributed by atoms with Gasteiger partial charge in [0.2, 0.25) is 5.91 Å². The first kappa shape index (κ1) is 25.1. The molecule has 1 aliphatic rings. The molecule has 1 N–H and O–H groups in total. The second-order valence-electron chi connectivity index (χ2n) is 8.98. The highest BCUT2D eigenvalue weighted by atomic mass is 16.2. The fourth-order valence-electron chi connectivity index (χ4n) is 4.31. The maximum Gasteiger partial charge on any atom is 0.274 e. The molecule has 36 heavy (non-hydrogen) atoms. The SMILES string of the molecule is CCN(CCC(=O)NCc1cccnc1)C(=O)c1cc2n(n1)CCCN(Cc1cccc(C)c1)C2=O. The highest BCUT2D eigenvalue weighted by Gasteiger charge is 2.28. The van der Waals surface area contributed by atoms with Crippen molar-refractivity contribution in [1.29, 1.82) is 0 Å². The van der Waals surface area contributed by atoms with Crippen molar-refractivity contribution < 1.29 is 14.4 Å². The molecule has 0 aliphatic carbocycles. The zero-order valence-electron chi connectivity index (χ0n) is 20.8. The Morgan fingerprint density at radius 1 is 1.11 bits per heavy atom. The summed E-state index contributed by atoms with van der Waals surface area (Å²) < 4.78 is 1.64. The number of pyridine rings is 1. The fourth-order valence-corrected chi connectivity index (χ4v) is 4.31. The Kier molecular flexibility index (Phi) is 8.10. The van der Waals surface area contributed by atoms with Gasteiger partial charge in [-0.3, -0.25) is 24.0 Å². The van der Waals surface area contributed by atoms with Crippen molar-refractivity contribution in [2.45, 2.75) is 46.3 Å². The third kappa shape index (κ3) is 6.16. The zero-order valence-corrected chi connectivity index (χ0v) is 20.8. The van der Waals surface area contributed by atoms with E-state index in [0.717, 1.165) is 23.1 Å². The molecule has 3 heterocycles. The van der Waals surface area contributed by atoms with Gasteiger partial charge in [0, 0.05) is 64.1 Å². The number of hydrogen-bond acceptors (Lipinski definition) is 5. The lowest BCUT2D eigenvalue weighted by atomic mass is 10.1. The van der Waals surface area contributed by atoms with Gasteiger partial charge in [-0.1, -0.05) is 35.9 Å². The number of hydrogen-bond donors (Lipinski definition) is 1. The summed E-state index contributed by atoms with van der Waals surface area (Å²) in [6, 6.07) is 13.4. The Hall–Kier alpha value is -4.01. The van der Waals surface area contributed by atoms with Gasteiger partial charge in [-0.05, 0) is 37.5 Å². The van der Waals surface area contributed by atoms with Gasteiger partial charge < -0.3 is 15.1 Å². The first-order valence-corrected chi connectivity index (χ1v) is 12.3. The maximum atomic E-state index is 13.3. The Morgan fingerprint density at radius 2 is 1.94 bits per heavy atom. The number of amides is 3. The quantitative estimate of drug-likeness (QED) is 0.499. The molecule has 0 spiro atoms. The molecular formula is C27H32N6O3. The van der Waals surface area contributed by atoms with E-state index in [1.165, 1.54) is 0 Å². The predicted molar refractivity (Wildman–Crippen MR) is 135 cm³/mol. The van der Waals surface area contributed by atoms with Crippen molar-refractivity contribution in [3.8, 4) is 0 Å². The number of nitrogens with zero attached hydrogens (tertiary/aromatic N) is 5. The molecule has 188 valence electrons. The van der Waals surface area contributed by atoms with Gasteiger partial charge in [0.15, 0.2) is 5.69 Å². The Balaban J connectivity index is 1.38. The van der Waals surface area contributed by atoms with E-state index in [-0.39, 0.29) is 36.4 Å². The number of rotatable bonds is 9. The molecule has 9 heteroatoms. The molecule has 0 fully saturated rings. The van der Waals surface area contributed by atoms with E-state index in [1.54, 1.807) is 28.0 Å². The van der Waals surface area contributed by atoms with Crippen molar-refractivity contribution >= 4 is 17.7 Å². The molecule has 3 aromatic rings. The standard InChI is InChI=1S/C27H32N6O3/c1-3-31(14-10-25(34)29-18-22-9-5-11-28-17-22)26(35)23-16-24-27(36)32(12-6-13-33(24)30-23)19-21-8-4-7-20(2)15-21/h4-5,7-9,11,15-17H,3,6,10,12-14,18-19H2,1-2H3,(H,29,34). The second-order valence-corrected chi connectivity index (χ2v) is 8.98. The molecule has 2 aromatic heterocycles. The summed E-state index contributed by atoms with van der Waals surface area (Å²) >= 11 is 0. The molecule has 0 atom stereocenters. The van der Waals surface area contributed by atoms with Crippen molar-refractivity contribution in [3.63, 3.8) is 0 Å². The summed E-state index contributed by atoms with van der Waals surface area (Å²) in [7, 11) is 0. The minimum Gasteiger partial charge on any atom is -0.352 e. The number of aryl methyl sites for hydroxylation is 2. The molecule has 3 amide bonds. The van der Waals surface area contributed by atoms with Gasteiger partial charge in [0.25, 0.3) is 11.8 Å². The van der Waals surface area contributed by atoms with Gasteiger partial charge in [0.1, 0.15) is 5.69 Å². The third-order valence-corrected chi connectivity index (χ3v) is 6.25. The van der Waals surface area contributed by atoms with E-state index in [0.29, 0.717) is 38.4 Å². The number of benzene rings is 1. The molecule has 0 radical (unpaired) electrons. The van der Waals surface area contributed by atoms with Crippen molar-refractivity contribution in [2.75, 3.05) is 19.6 Å². The van der Waals surface area contributed by atoms with Crippen LogP contribution in [-0.2, 0) is 24.4 Å². The number of carbonyl (C=O) groups is 3. The van der Waals surface area contributed by atoms with Crippen LogP contribution in [0, 0.1) is 6.92 Å². The number of aromatic nitrogens is 3. The van der Waals surface area contributed by atoms with Crippen LogP contribution in [0.25, 0.3) is 0 Å². The topological polar surface area (TPSA) is 100 Å². The largest absolute Gasteiger partial charge is 0.352 e. The minimum absolute atomic E-state index is 0.126. The van der Waals surface area contributed by atoms with Crippen molar-refractivity contribution in [3.05, 3.63) is 82.9 Å². The van der Waals surface area contributed by atoms with Gasteiger partial charge in [-0.2, -0.15) is 5.10 Å². The summed E-state index contributed by atoms with van der Waals surface area (Å²) in [4.78, 5) is 46.2. The van der Waals surface area contributed by atoms with Crippen LogP contribution >= 0.6 is 0 Å². The van der Waals surface area contributed by atoms with E-state index >= 15 is 0 Å². The molecule has 1 aliphatic heterocycles. The zero-order chi connectivity index (χ0) is 25.5. The molecule has 9 nitrogen and oxygen atoms in total. The predicted octanol–water partition coefficient (Wildman–Crippen LogP) is 2.80. The maximum absolute atomic E-state index is 13.3. The molecule has 0 saturated carbocycles. The summed E-state index contributed by atoms with van der Waals surface area (Å²) in [6.07, 6.45) is 4.32. The molecule has 0 bridgehead atoms. The van der Waals surface area contributed by atoms with Gasteiger partial charge in [0.05, 0.1) is 0 Å². The van der Waals surface area contributed by atoms with E-state index in [2.05, 4.69) is 21.5 Å². The highest BCUT2D eigenvalue weighted by Crippen LogP contribution is 2.18. The summed E-state index contributed by atoms with van der Waals surface area (Å²) in [5.41, 5.74) is 3.79. The van der Waals surface area contributed by atoms with Crippen LogP contribution in [0.4, 0.5) is 0 Å². The number of carbonyl (C=O) groups excluding carboxylic acids is 3. The molecular weight excluding hydrogens is 456 g/mol.